The second-order valence-corrected chi connectivity index (χ2v) is 8.89. The zero-order valence-electron chi connectivity index (χ0n) is 21.4. The molecule has 0 radical (unpaired) electrons. The molecule has 10 nitrogen and oxygen atoms in total. The van der Waals surface area contributed by atoms with Crippen molar-refractivity contribution in [1.82, 2.24) is 9.78 Å². The van der Waals surface area contributed by atoms with Crippen LogP contribution in [0, 0.1) is 17.2 Å². The Morgan fingerprint density at radius 2 is 1.65 bits per heavy atom. The Bertz CT molecular complexity index is 1670. The van der Waals surface area contributed by atoms with Crippen LogP contribution in [0.15, 0.2) is 78.9 Å². The highest BCUT2D eigenvalue weighted by Gasteiger charge is 2.37. The number of amides is 2. The lowest BCUT2D eigenvalue weighted by atomic mass is 9.98. The molecule has 0 spiro atoms. The molecule has 5 rings (SSSR count). The second kappa shape index (κ2) is 11.0. The molecule has 40 heavy (non-hydrogen) atoms. The van der Waals surface area contributed by atoms with Crippen molar-refractivity contribution < 1.29 is 23.9 Å². The van der Waals surface area contributed by atoms with Gasteiger partial charge in [0, 0.05) is 28.9 Å². The molecular formula is C30H23N5O5. The lowest BCUT2D eigenvalue weighted by molar-refractivity contribution is -0.152. The van der Waals surface area contributed by atoms with Gasteiger partial charge in [0.15, 0.2) is 5.92 Å². The molecule has 1 heterocycles. The number of nitriles is 1. The second-order valence-electron chi connectivity index (χ2n) is 8.89. The Labute approximate surface area is 229 Å². The van der Waals surface area contributed by atoms with Crippen molar-refractivity contribution in [1.29, 1.82) is 5.26 Å². The molecule has 10 heteroatoms. The quantitative estimate of drug-likeness (QED) is 0.140. The molecule has 3 aromatic carbocycles. The number of carbonyl (C=O) groups excluding carboxylic acids is 4. The highest BCUT2D eigenvalue weighted by atomic mass is 16.5. The third-order valence-corrected chi connectivity index (χ3v) is 6.41. The van der Waals surface area contributed by atoms with E-state index >= 15 is 0 Å². The molecule has 198 valence electrons. The fourth-order valence-electron chi connectivity index (χ4n) is 4.62. The number of nitrogens with zero attached hydrogens (tertiary/aromatic N) is 3. The van der Waals surface area contributed by atoms with Gasteiger partial charge in [-0.1, -0.05) is 48.5 Å². The monoisotopic (exact) mass is 533 g/mol. The number of nitrogens with one attached hydrogen (secondary N) is 2. The smallest absolute Gasteiger partial charge is 0.397 e. The van der Waals surface area contributed by atoms with Gasteiger partial charge in [-0.2, -0.15) is 10.4 Å². The fourth-order valence-corrected chi connectivity index (χ4v) is 4.62. The molecule has 1 atom stereocenters. The molecule has 2 N–H and O–H groups in total. The number of anilines is 2. The molecule has 0 aliphatic heterocycles. The first-order valence-electron chi connectivity index (χ1n) is 12.5. The van der Waals surface area contributed by atoms with Gasteiger partial charge in [0.25, 0.3) is 0 Å². The number of ketones is 1. The van der Waals surface area contributed by atoms with E-state index < -0.39 is 29.5 Å². The van der Waals surface area contributed by atoms with E-state index in [1.165, 1.54) is 0 Å². The number of aromatic nitrogens is 2. The summed E-state index contributed by atoms with van der Waals surface area (Å²) in [7, 11) is 0. The van der Waals surface area contributed by atoms with E-state index in [0.29, 0.717) is 39.4 Å². The Hall–Kier alpha value is -5.56. The zero-order valence-corrected chi connectivity index (χ0v) is 21.4. The number of fused-ring (bicyclic) bond motifs is 3. The van der Waals surface area contributed by atoms with Gasteiger partial charge in [0.2, 0.25) is 11.7 Å². The number of carbonyl (C=O) groups is 4. The number of ether oxygens (including phenoxy) is 1. The Kier molecular flexibility index (Phi) is 7.20. The van der Waals surface area contributed by atoms with Crippen molar-refractivity contribution in [3.05, 3.63) is 95.7 Å². The number of Topliss-reactive ketones (excluding diaryl/α,β-unsaturated/α-hetero) is 1. The SMILES string of the molecule is CCOC(=O)C(=O)Nc1cccc2c1Cc1c(C(=O)C(C#N)C(=O)Nc3ccccc3)nn(-c3ccccc3)c1-2. The van der Waals surface area contributed by atoms with Gasteiger partial charge in [-0.05, 0) is 42.8 Å². The Morgan fingerprint density at radius 1 is 0.950 bits per heavy atom. The van der Waals surface area contributed by atoms with Crippen molar-refractivity contribution >= 4 is 34.9 Å². The molecule has 4 aromatic rings. The van der Waals surface area contributed by atoms with Crippen LogP contribution in [0.5, 0.6) is 0 Å². The molecule has 1 unspecified atom stereocenters. The number of para-hydroxylation sites is 2. The number of hydrogen-bond acceptors (Lipinski definition) is 7. The summed E-state index contributed by atoms with van der Waals surface area (Å²) in [6.45, 7) is 1.66. The first kappa shape index (κ1) is 26.1. The summed E-state index contributed by atoms with van der Waals surface area (Å²) in [6.07, 6.45) is 0.177. The van der Waals surface area contributed by atoms with Gasteiger partial charge in [-0.3, -0.25) is 14.4 Å². The molecule has 0 saturated carbocycles. The molecule has 2 amide bonds. The molecule has 1 aromatic heterocycles. The summed E-state index contributed by atoms with van der Waals surface area (Å²) < 4.78 is 6.39. The van der Waals surface area contributed by atoms with E-state index in [1.54, 1.807) is 54.1 Å². The fraction of sp³-hybridized carbons (Fsp3) is 0.133. The van der Waals surface area contributed by atoms with Gasteiger partial charge >= 0.3 is 11.9 Å². The summed E-state index contributed by atoms with van der Waals surface area (Å²) in [5, 5.41) is 19.6. The Morgan fingerprint density at radius 3 is 2.33 bits per heavy atom. The number of hydrogen-bond donors (Lipinski definition) is 2. The predicted octanol–water partition coefficient (Wildman–Crippen LogP) is 3.91. The average molecular weight is 534 g/mol. The standard InChI is InChI=1S/C30H23N5O5/c1-2-40-30(39)29(38)33-24-15-9-14-20-21(24)16-22-25(34-35(26(20)22)19-12-7-4-8-13-19)27(36)23(17-31)28(37)32-18-10-5-3-6-11-18/h3-15,23H,2,16H2,1H3,(H,32,37)(H,33,38). The molecule has 0 fully saturated rings. The molecule has 0 bridgehead atoms. The van der Waals surface area contributed by atoms with Crippen LogP contribution in [0.4, 0.5) is 11.4 Å². The van der Waals surface area contributed by atoms with E-state index in [2.05, 4.69) is 15.7 Å². The summed E-state index contributed by atoms with van der Waals surface area (Å²) in [4.78, 5) is 51.0. The summed E-state index contributed by atoms with van der Waals surface area (Å²) >= 11 is 0. The van der Waals surface area contributed by atoms with Crippen LogP contribution in [-0.2, 0) is 25.5 Å². The Balaban J connectivity index is 1.55. The third kappa shape index (κ3) is 4.83. The summed E-state index contributed by atoms with van der Waals surface area (Å²) in [6, 6.07) is 24.7. The van der Waals surface area contributed by atoms with Gasteiger partial charge in [0.05, 0.1) is 24.1 Å². The maximum absolute atomic E-state index is 13.7. The lowest BCUT2D eigenvalue weighted by Crippen LogP contribution is -2.29. The molecule has 0 saturated heterocycles. The van der Waals surface area contributed by atoms with E-state index in [9.17, 15) is 24.4 Å². The summed E-state index contributed by atoms with van der Waals surface area (Å²) in [5.41, 5.74) is 3.92. The minimum absolute atomic E-state index is 0.0208. The van der Waals surface area contributed by atoms with E-state index in [0.717, 1.165) is 0 Å². The molecule has 1 aliphatic rings. The van der Waals surface area contributed by atoms with Gasteiger partial charge in [0.1, 0.15) is 5.69 Å². The van der Waals surface area contributed by atoms with Crippen molar-refractivity contribution in [2.24, 2.45) is 5.92 Å². The van der Waals surface area contributed by atoms with Crippen LogP contribution in [0.2, 0.25) is 0 Å². The lowest BCUT2D eigenvalue weighted by Gasteiger charge is -2.12. The minimum Gasteiger partial charge on any atom is -0.459 e. The van der Waals surface area contributed by atoms with Gasteiger partial charge in [-0.15, -0.1) is 0 Å². The van der Waals surface area contributed by atoms with Crippen LogP contribution in [0.25, 0.3) is 16.9 Å². The van der Waals surface area contributed by atoms with E-state index in [1.807, 2.05) is 42.5 Å². The van der Waals surface area contributed by atoms with Gasteiger partial charge < -0.3 is 15.4 Å². The number of rotatable bonds is 7. The predicted molar refractivity (Wildman–Crippen MR) is 146 cm³/mol. The topological polar surface area (TPSA) is 143 Å². The summed E-state index contributed by atoms with van der Waals surface area (Å²) in [5.74, 6) is -5.08. The maximum atomic E-state index is 13.7. The van der Waals surface area contributed by atoms with Crippen molar-refractivity contribution in [3.8, 4) is 23.0 Å². The van der Waals surface area contributed by atoms with Crippen LogP contribution in [-0.4, -0.2) is 40.0 Å². The average Bonchev–Trinajstić information content (AvgIpc) is 3.53. The van der Waals surface area contributed by atoms with Crippen molar-refractivity contribution in [2.75, 3.05) is 17.2 Å². The van der Waals surface area contributed by atoms with Crippen molar-refractivity contribution in [3.63, 3.8) is 0 Å². The van der Waals surface area contributed by atoms with Crippen molar-refractivity contribution in [2.45, 2.75) is 13.3 Å². The first-order chi connectivity index (χ1) is 19.4. The molecular weight excluding hydrogens is 510 g/mol. The zero-order chi connectivity index (χ0) is 28.2. The van der Waals surface area contributed by atoms with Crippen LogP contribution in [0.3, 0.4) is 0 Å². The first-order valence-corrected chi connectivity index (χ1v) is 12.5. The normalized spacial score (nSPS) is 11.9. The number of esters is 1. The number of benzene rings is 3. The van der Waals surface area contributed by atoms with Crippen LogP contribution >= 0.6 is 0 Å². The van der Waals surface area contributed by atoms with Crippen LogP contribution in [0.1, 0.15) is 28.5 Å². The van der Waals surface area contributed by atoms with Crippen LogP contribution < -0.4 is 10.6 Å². The van der Waals surface area contributed by atoms with Gasteiger partial charge in [-0.25, -0.2) is 9.48 Å². The minimum atomic E-state index is -1.64. The highest BCUT2D eigenvalue weighted by Crippen LogP contribution is 2.43. The third-order valence-electron chi connectivity index (χ3n) is 6.41. The molecule has 1 aliphatic carbocycles. The maximum Gasteiger partial charge on any atom is 0.397 e. The van der Waals surface area contributed by atoms with E-state index in [4.69, 9.17) is 4.74 Å². The largest absolute Gasteiger partial charge is 0.459 e. The highest BCUT2D eigenvalue weighted by molar-refractivity contribution is 6.37. The van der Waals surface area contributed by atoms with E-state index in [-0.39, 0.29) is 18.7 Å².